The monoisotopic (exact) mass is 230 g/mol. The Morgan fingerprint density at radius 1 is 1.29 bits per heavy atom. The van der Waals surface area contributed by atoms with Crippen molar-refractivity contribution in [2.45, 2.75) is 13.3 Å². The number of carbonyl (C=O) groups excluding carboxylic acids is 2. The van der Waals surface area contributed by atoms with E-state index < -0.39 is 5.92 Å². The quantitative estimate of drug-likeness (QED) is 0.590. The molecule has 1 aliphatic heterocycles. The van der Waals surface area contributed by atoms with E-state index in [9.17, 15) is 9.59 Å². The van der Waals surface area contributed by atoms with Crippen LogP contribution in [0.25, 0.3) is 0 Å². The van der Waals surface area contributed by atoms with Crippen LogP contribution >= 0.6 is 0 Å². The van der Waals surface area contributed by atoms with Gasteiger partial charge in [0.1, 0.15) is 12.0 Å². The third-order valence-electron chi connectivity index (χ3n) is 2.91. The molecule has 0 spiro atoms. The Morgan fingerprint density at radius 2 is 2.00 bits per heavy atom. The van der Waals surface area contributed by atoms with Gasteiger partial charge in [0.2, 0.25) is 0 Å². The fourth-order valence-corrected chi connectivity index (χ4v) is 2.03. The molecular formula is C14H14O3. The van der Waals surface area contributed by atoms with Crippen LogP contribution in [0.1, 0.15) is 12.5 Å². The first-order valence-corrected chi connectivity index (χ1v) is 5.60. The van der Waals surface area contributed by atoms with E-state index >= 15 is 0 Å². The van der Waals surface area contributed by atoms with Crippen molar-refractivity contribution >= 4 is 12.3 Å². The number of aldehydes is 1. The zero-order valence-electron chi connectivity index (χ0n) is 9.63. The molecular weight excluding hydrogens is 216 g/mol. The molecule has 0 saturated heterocycles. The zero-order chi connectivity index (χ0) is 12.3. The molecule has 88 valence electrons. The molecule has 0 aromatic heterocycles. The van der Waals surface area contributed by atoms with Gasteiger partial charge in [0.05, 0.1) is 5.92 Å². The second-order valence-electron chi connectivity index (χ2n) is 4.21. The molecule has 0 amide bonds. The SMILES string of the molecule is CC1=C[C@H](C=O)[C@H](Cc2ccccc2)C(=O)O1. The van der Waals surface area contributed by atoms with E-state index in [4.69, 9.17) is 4.74 Å². The fraction of sp³-hybridized carbons (Fsp3) is 0.286. The number of esters is 1. The summed E-state index contributed by atoms with van der Waals surface area (Å²) < 4.78 is 5.07. The highest BCUT2D eigenvalue weighted by Crippen LogP contribution is 2.25. The lowest BCUT2D eigenvalue weighted by Crippen LogP contribution is -2.31. The predicted octanol–water partition coefficient (Wildman–Crippen LogP) is 2.12. The lowest BCUT2D eigenvalue weighted by molar-refractivity contribution is -0.148. The Kier molecular flexibility index (Phi) is 3.38. The second kappa shape index (κ2) is 4.95. The van der Waals surface area contributed by atoms with Crippen LogP contribution in [0.3, 0.4) is 0 Å². The first-order chi connectivity index (χ1) is 8.20. The van der Waals surface area contributed by atoms with Crippen molar-refractivity contribution in [1.29, 1.82) is 0 Å². The van der Waals surface area contributed by atoms with Crippen LogP contribution in [0.4, 0.5) is 0 Å². The van der Waals surface area contributed by atoms with Crippen molar-refractivity contribution in [3.8, 4) is 0 Å². The highest BCUT2D eigenvalue weighted by atomic mass is 16.5. The molecule has 0 aliphatic carbocycles. The summed E-state index contributed by atoms with van der Waals surface area (Å²) in [4.78, 5) is 22.8. The highest BCUT2D eigenvalue weighted by Gasteiger charge is 2.32. The van der Waals surface area contributed by atoms with E-state index in [1.807, 2.05) is 30.3 Å². The molecule has 17 heavy (non-hydrogen) atoms. The van der Waals surface area contributed by atoms with Gasteiger partial charge in [-0.05, 0) is 25.0 Å². The van der Waals surface area contributed by atoms with E-state index in [1.54, 1.807) is 13.0 Å². The van der Waals surface area contributed by atoms with Crippen LogP contribution in [0.2, 0.25) is 0 Å². The standard InChI is InChI=1S/C14H14O3/c1-10-7-12(9-15)13(14(16)17-10)8-11-5-3-2-4-6-11/h2-7,9,12-13H,8H2,1H3/t12-,13+/m1/s1. The molecule has 1 aliphatic rings. The van der Waals surface area contributed by atoms with E-state index in [0.717, 1.165) is 11.8 Å². The minimum atomic E-state index is -0.404. The van der Waals surface area contributed by atoms with Gasteiger partial charge in [-0.15, -0.1) is 0 Å². The highest BCUT2D eigenvalue weighted by molar-refractivity contribution is 5.80. The Balaban J connectivity index is 2.19. The van der Waals surface area contributed by atoms with Crippen molar-refractivity contribution in [3.05, 3.63) is 47.7 Å². The molecule has 0 N–H and O–H groups in total. The van der Waals surface area contributed by atoms with Crippen LogP contribution in [-0.4, -0.2) is 12.3 Å². The summed E-state index contributed by atoms with van der Waals surface area (Å²) in [7, 11) is 0. The first-order valence-electron chi connectivity index (χ1n) is 5.60. The topological polar surface area (TPSA) is 43.4 Å². The van der Waals surface area contributed by atoms with Crippen molar-refractivity contribution in [3.63, 3.8) is 0 Å². The molecule has 0 fully saturated rings. The van der Waals surface area contributed by atoms with Gasteiger partial charge >= 0.3 is 5.97 Å². The van der Waals surface area contributed by atoms with Crippen LogP contribution in [-0.2, 0) is 20.7 Å². The smallest absolute Gasteiger partial charge is 0.315 e. The van der Waals surface area contributed by atoms with E-state index in [1.165, 1.54) is 0 Å². The van der Waals surface area contributed by atoms with E-state index in [0.29, 0.717) is 12.2 Å². The number of benzene rings is 1. The maximum absolute atomic E-state index is 11.8. The number of rotatable bonds is 3. The van der Waals surface area contributed by atoms with Crippen molar-refractivity contribution in [1.82, 2.24) is 0 Å². The number of hydrogen-bond donors (Lipinski definition) is 0. The summed E-state index contributed by atoms with van der Waals surface area (Å²) in [5.41, 5.74) is 1.04. The Morgan fingerprint density at radius 3 is 2.65 bits per heavy atom. The van der Waals surface area contributed by atoms with Gasteiger partial charge < -0.3 is 9.53 Å². The molecule has 1 aromatic carbocycles. The third-order valence-corrected chi connectivity index (χ3v) is 2.91. The van der Waals surface area contributed by atoms with Gasteiger partial charge in [-0.2, -0.15) is 0 Å². The molecule has 3 nitrogen and oxygen atoms in total. The molecule has 3 heteroatoms. The van der Waals surface area contributed by atoms with E-state index in [-0.39, 0.29) is 11.9 Å². The van der Waals surface area contributed by atoms with Gasteiger partial charge in [-0.25, -0.2) is 0 Å². The maximum atomic E-state index is 11.8. The van der Waals surface area contributed by atoms with Gasteiger partial charge in [-0.3, -0.25) is 4.79 Å². The third kappa shape index (κ3) is 2.61. The normalized spacial score (nSPS) is 23.8. The summed E-state index contributed by atoms with van der Waals surface area (Å²) in [6.07, 6.45) is 3.06. The number of cyclic esters (lactones) is 1. The van der Waals surface area contributed by atoms with E-state index in [2.05, 4.69) is 0 Å². The number of carbonyl (C=O) groups is 2. The molecule has 2 atom stereocenters. The predicted molar refractivity (Wildman–Crippen MR) is 63.0 cm³/mol. The Hall–Kier alpha value is -1.90. The van der Waals surface area contributed by atoms with Gasteiger partial charge in [0.25, 0.3) is 0 Å². The molecule has 1 heterocycles. The average molecular weight is 230 g/mol. The first kappa shape index (κ1) is 11.6. The van der Waals surface area contributed by atoms with Crippen molar-refractivity contribution in [2.75, 3.05) is 0 Å². The fourth-order valence-electron chi connectivity index (χ4n) is 2.03. The lowest BCUT2D eigenvalue weighted by Gasteiger charge is -2.24. The Labute approximate surface area is 100 Å². The van der Waals surface area contributed by atoms with Crippen LogP contribution < -0.4 is 0 Å². The largest absolute Gasteiger partial charge is 0.431 e. The zero-order valence-corrected chi connectivity index (χ0v) is 9.63. The summed E-state index contributed by atoms with van der Waals surface area (Å²) >= 11 is 0. The van der Waals surface area contributed by atoms with Crippen LogP contribution in [0.5, 0.6) is 0 Å². The minimum Gasteiger partial charge on any atom is -0.431 e. The molecule has 2 rings (SSSR count). The number of ether oxygens (including phenoxy) is 1. The van der Waals surface area contributed by atoms with Gasteiger partial charge in [-0.1, -0.05) is 30.3 Å². The average Bonchev–Trinajstić information content (AvgIpc) is 2.33. The molecule has 0 unspecified atom stereocenters. The summed E-state index contributed by atoms with van der Waals surface area (Å²) in [5, 5.41) is 0. The van der Waals surface area contributed by atoms with Crippen molar-refractivity contribution < 1.29 is 14.3 Å². The number of allylic oxidation sites excluding steroid dienone is 2. The molecule has 1 aromatic rings. The Bertz CT molecular complexity index is 448. The molecule has 0 saturated carbocycles. The maximum Gasteiger partial charge on any atom is 0.315 e. The van der Waals surface area contributed by atoms with Gasteiger partial charge in [0.15, 0.2) is 0 Å². The summed E-state index contributed by atoms with van der Waals surface area (Å²) in [6.45, 7) is 1.69. The lowest BCUT2D eigenvalue weighted by atomic mass is 9.86. The van der Waals surface area contributed by atoms with Crippen molar-refractivity contribution in [2.24, 2.45) is 11.8 Å². The number of hydrogen-bond acceptors (Lipinski definition) is 3. The van der Waals surface area contributed by atoms with Crippen LogP contribution in [0, 0.1) is 11.8 Å². The minimum absolute atomic E-state index is 0.314. The second-order valence-corrected chi connectivity index (χ2v) is 4.21. The molecule has 0 radical (unpaired) electrons. The summed E-state index contributed by atoms with van der Waals surface area (Å²) in [5.74, 6) is -0.586. The van der Waals surface area contributed by atoms with Gasteiger partial charge in [0, 0.05) is 5.92 Å². The summed E-state index contributed by atoms with van der Waals surface area (Å²) in [6, 6.07) is 9.64. The van der Waals surface area contributed by atoms with Crippen LogP contribution in [0.15, 0.2) is 42.2 Å². The molecule has 0 bridgehead atoms.